The van der Waals surface area contributed by atoms with Crippen molar-refractivity contribution in [2.45, 2.75) is 37.1 Å². The molecule has 1 saturated heterocycles. The maximum Gasteiger partial charge on any atom is 0.318 e. The first-order valence-corrected chi connectivity index (χ1v) is 7.26. The molecule has 0 aliphatic carbocycles. The van der Waals surface area contributed by atoms with E-state index in [4.69, 9.17) is 20.1 Å². The summed E-state index contributed by atoms with van der Waals surface area (Å²) in [6.07, 6.45) is -7.62. The van der Waals surface area contributed by atoms with E-state index >= 15 is 0 Å². The molecule has 6 atom stereocenters. The number of carboxylic acid groups (broad SMARTS) is 2. The van der Waals surface area contributed by atoms with Gasteiger partial charge in [0.2, 0.25) is 0 Å². The monoisotopic (exact) mass is 367 g/mol. The molecule has 1 heterocycles. The molecule has 25 heavy (non-hydrogen) atoms. The molecule has 0 spiro atoms. The molecule has 1 aliphatic rings. The van der Waals surface area contributed by atoms with Crippen molar-refractivity contribution in [1.29, 1.82) is 0 Å². The number of aliphatic hydroxyl groups is 5. The Bertz CT molecular complexity index is 510. The molecule has 1 fully saturated rings. The molecule has 0 aromatic carbocycles. The minimum absolute atomic E-state index is 0.511. The van der Waals surface area contributed by atoms with Gasteiger partial charge in [-0.1, -0.05) is 6.92 Å². The number of aliphatic hydroxyl groups excluding tert-OH is 4. The molecule has 1 aliphatic heterocycles. The van der Waals surface area contributed by atoms with Crippen LogP contribution >= 0.6 is 0 Å². The van der Waals surface area contributed by atoms with Crippen LogP contribution in [0.3, 0.4) is 0 Å². The molecular formula is C13H21NO11. The molecule has 0 saturated carbocycles. The highest BCUT2D eigenvalue weighted by atomic mass is 16.7. The zero-order chi connectivity index (χ0) is 19.5. The van der Waals surface area contributed by atoms with Gasteiger partial charge in [0.1, 0.15) is 24.4 Å². The van der Waals surface area contributed by atoms with Crippen molar-refractivity contribution >= 4 is 17.8 Å². The molecule has 1 amide bonds. The molecule has 144 valence electrons. The van der Waals surface area contributed by atoms with Gasteiger partial charge in [-0.2, -0.15) is 0 Å². The SMILES string of the molecule is CC(CNC(=O)C1(O)O[C@H](CO)[C@@H](O)[C@H](O)[C@H]1O)C(C(=O)O)C(=O)O. The first kappa shape index (κ1) is 21.2. The fourth-order valence-corrected chi connectivity index (χ4v) is 2.43. The van der Waals surface area contributed by atoms with Crippen molar-refractivity contribution in [2.75, 3.05) is 13.2 Å². The zero-order valence-electron chi connectivity index (χ0n) is 13.1. The summed E-state index contributed by atoms with van der Waals surface area (Å²) in [6.45, 7) is -0.162. The maximum atomic E-state index is 12.1. The molecule has 0 aromatic rings. The van der Waals surface area contributed by atoms with Gasteiger partial charge in [-0.25, -0.2) is 0 Å². The highest BCUT2D eigenvalue weighted by Gasteiger charge is 2.57. The van der Waals surface area contributed by atoms with Gasteiger partial charge < -0.3 is 45.8 Å². The number of rotatable bonds is 7. The molecule has 0 bridgehead atoms. The Kier molecular flexibility index (Phi) is 6.82. The number of hydrogen-bond acceptors (Lipinski definition) is 9. The van der Waals surface area contributed by atoms with Gasteiger partial charge >= 0.3 is 11.9 Å². The molecule has 1 rings (SSSR count). The molecule has 12 heteroatoms. The average Bonchev–Trinajstić information content (AvgIpc) is 2.53. The van der Waals surface area contributed by atoms with E-state index in [0.29, 0.717) is 0 Å². The van der Waals surface area contributed by atoms with E-state index in [0.717, 1.165) is 0 Å². The highest BCUT2D eigenvalue weighted by Crippen LogP contribution is 2.28. The number of aliphatic carboxylic acids is 2. The molecule has 0 radical (unpaired) electrons. The summed E-state index contributed by atoms with van der Waals surface area (Å²) in [5.74, 6) is -10.6. The molecule has 2 unspecified atom stereocenters. The first-order chi connectivity index (χ1) is 11.5. The summed E-state index contributed by atoms with van der Waals surface area (Å²) in [7, 11) is 0. The first-order valence-electron chi connectivity index (χ1n) is 7.26. The number of carboxylic acids is 2. The summed E-state index contributed by atoms with van der Waals surface area (Å²) in [5, 5.41) is 67.9. The van der Waals surface area contributed by atoms with Gasteiger partial charge in [0, 0.05) is 6.54 Å². The molecule has 0 aromatic heterocycles. The van der Waals surface area contributed by atoms with Crippen LogP contribution in [0.4, 0.5) is 0 Å². The van der Waals surface area contributed by atoms with Crippen LogP contribution in [-0.4, -0.2) is 96.9 Å². The summed E-state index contributed by atoms with van der Waals surface area (Å²) in [4.78, 5) is 33.9. The summed E-state index contributed by atoms with van der Waals surface area (Å²) in [5.41, 5.74) is 0. The molecule has 12 nitrogen and oxygen atoms in total. The number of carbonyl (C=O) groups is 3. The van der Waals surface area contributed by atoms with E-state index < -0.39 is 73.0 Å². The van der Waals surface area contributed by atoms with E-state index in [1.807, 2.05) is 5.32 Å². The van der Waals surface area contributed by atoms with Crippen LogP contribution in [0, 0.1) is 11.8 Å². The Hall–Kier alpha value is -1.83. The minimum Gasteiger partial charge on any atom is -0.481 e. The second-order valence-electron chi connectivity index (χ2n) is 5.80. The lowest BCUT2D eigenvalue weighted by Crippen LogP contribution is -2.70. The Balaban J connectivity index is 2.84. The van der Waals surface area contributed by atoms with Crippen LogP contribution in [0.2, 0.25) is 0 Å². The zero-order valence-corrected chi connectivity index (χ0v) is 13.1. The highest BCUT2D eigenvalue weighted by molar-refractivity contribution is 5.93. The second kappa shape index (κ2) is 8.03. The predicted molar refractivity (Wildman–Crippen MR) is 75.9 cm³/mol. The third-order valence-electron chi connectivity index (χ3n) is 3.98. The smallest absolute Gasteiger partial charge is 0.318 e. The summed E-state index contributed by atoms with van der Waals surface area (Å²) < 4.78 is 4.77. The summed E-state index contributed by atoms with van der Waals surface area (Å²) >= 11 is 0. The van der Waals surface area contributed by atoms with Gasteiger partial charge in [-0.15, -0.1) is 0 Å². The van der Waals surface area contributed by atoms with Crippen molar-refractivity contribution in [3.63, 3.8) is 0 Å². The lowest BCUT2D eigenvalue weighted by atomic mass is 9.91. The Labute approximate surface area is 141 Å². The van der Waals surface area contributed by atoms with Crippen molar-refractivity contribution in [1.82, 2.24) is 5.32 Å². The fourth-order valence-electron chi connectivity index (χ4n) is 2.43. The topological polar surface area (TPSA) is 214 Å². The lowest BCUT2D eigenvalue weighted by Gasteiger charge is -2.44. The van der Waals surface area contributed by atoms with E-state index in [1.54, 1.807) is 0 Å². The van der Waals surface area contributed by atoms with Gasteiger partial charge in [-0.3, -0.25) is 14.4 Å². The summed E-state index contributed by atoms with van der Waals surface area (Å²) in [6, 6.07) is 0. The van der Waals surface area contributed by atoms with Crippen LogP contribution in [0.25, 0.3) is 0 Å². The predicted octanol–water partition coefficient (Wildman–Crippen LogP) is -4.31. The van der Waals surface area contributed by atoms with Gasteiger partial charge in [0.15, 0.2) is 5.92 Å². The van der Waals surface area contributed by atoms with Crippen molar-refractivity contribution in [3.05, 3.63) is 0 Å². The molecule has 8 N–H and O–H groups in total. The van der Waals surface area contributed by atoms with Gasteiger partial charge in [-0.05, 0) is 5.92 Å². The van der Waals surface area contributed by atoms with Gasteiger partial charge in [0.25, 0.3) is 11.7 Å². The third kappa shape index (κ3) is 4.23. The maximum absolute atomic E-state index is 12.1. The number of nitrogens with one attached hydrogen (secondary N) is 1. The van der Waals surface area contributed by atoms with Crippen molar-refractivity contribution < 1.29 is 54.9 Å². The van der Waals surface area contributed by atoms with Crippen LogP contribution in [0.1, 0.15) is 6.92 Å². The van der Waals surface area contributed by atoms with Crippen LogP contribution < -0.4 is 5.32 Å². The third-order valence-corrected chi connectivity index (χ3v) is 3.98. The Morgan fingerprint density at radius 1 is 1.12 bits per heavy atom. The number of hydrogen-bond donors (Lipinski definition) is 8. The van der Waals surface area contributed by atoms with Crippen molar-refractivity contribution in [3.8, 4) is 0 Å². The van der Waals surface area contributed by atoms with E-state index in [-0.39, 0.29) is 0 Å². The average molecular weight is 367 g/mol. The number of carbonyl (C=O) groups excluding carboxylic acids is 1. The molecular weight excluding hydrogens is 346 g/mol. The number of ether oxygens (including phenoxy) is 1. The Morgan fingerprint density at radius 2 is 1.64 bits per heavy atom. The van der Waals surface area contributed by atoms with Crippen LogP contribution in [-0.2, 0) is 19.1 Å². The van der Waals surface area contributed by atoms with Gasteiger partial charge in [0.05, 0.1) is 6.61 Å². The minimum atomic E-state index is -3.03. The van der Waals surface area contributed by atoms with E-state index in [2.05, 4.69) is 0 Å². The van der Waals surface area contributed by atoms with Crippen molar-refractivity contribution in [2.24, 2.45) is 11.8 Å². The largest absolute Gasteiger partial charge is 0.481 e. The normalized spacial score (nSPS) is 33.7. The van der Waals surface area contributed by atoms with E-state index in [9.17, 15) is 34.8 Å². The lowest BCUT2D eigenvalue weighted by molar-refractivity contribution is -0.331. The second-order valence-corrected chi connectivity index (χ2v) is 5.80. The Morgan fingerprint density at radius 3 is 2.08 bits per heavy atom. The fraction of sp³-hybridized carbons (Fsp3) is 0.769. The van der Waals surface area contributed by atoms with E-state index in [1.165, 1.54) is 6.92 Å². The number of amides is 1. The quantitative estimate of drug-likeness (QED) is 0.201. The standard InChI is InChI=1S/C13H21NO11/c1-4(6(10(19)20)11(21)22)2-14-12(23)13(24)9(18)8(17)7(16)5(3-15)25-13/h4-9,15-18,24H,2-3H2,1H3,(H,14,23)(H,19,20)(H,21,22)/t4?,5-,7-,8+,9-,13?/m1/s1. The van der Waals surface area contributed by atoms with Crippen LogP contribution in [0.15, 0.2) is 0 Å². The van der Waals surface area contributed by atoms with Crippen LogP contribution in [0.5, 0.6) is 0 Å².